The van der Waals surface area contributed by atoms with Crippen molar-refractivity contribution in [3.63, 3.8) is 0 Å². The lowest BCUT2D eigenvalue weighted by Gasteiger charge is -2.12. The lowest BCUT2D eigenvalue weighted by Crippen LogP contribution is -2.17. The van der Waals surface area contributed by atoms with E-state index in [-0.39, 0.29) is 22.5 Å². The molecule has 0 unspecified atom stereocenters. The summed E-state index contributed by atoms with van der Waals surface area (Å²) in [7, 11) is -4.88. The van der Waals surface area contributed by atoms with Crippen LogP contribution in [0.3, 0.4) is 0 Å². The number of aromatic amines is 1. The minimum atomic E-state index is -4.88. The van der Waals surface area contributed by atoms with Gasteiger partial charge in [0.15, 0.2) is 5.82 Å². The Morgan fingerprint density at radius 1 is 0.930 bits per heavy atom. The Morgan fingerprint density at radius 3 is 2.37 bits per heavy atom. The number of amides is 1. The fourth-order valence-electron chi connectivity index (χ4n) is 4.37. The fourth-order valence-corrected chi connectivity index (χ4v) is 5.52. The monoisotopic (exact) mass is 609 g/mol. The van der Waals surface area contributed by atoms with E-state index in [0.717, 1.165) is 6.21 Å². The van der Waals surface area contributed by atoms with Gasteiger partial charge in [-0.1, -0.05) is 6.07 Å². The van der Waals surface area contributed by atoms with Gasteiger partial charge in [-0.15, -0.1) is 0 Å². The minimum Gasteiger partial charge on any atom is -0.345 e. The maximum atomic E-state index is 15.5. The number of nitrogens with one attached hydrogen (secondary N) is 4. The van der Waals surface area contributed by atoms with Crippen molar-refractivity contribution < 1.29 is 35.6 Å². The van der Waals surface area contributed by atoms with Gasteiger partial charge in [0.2, 0.25) is 11.7 Å². The highest BCUT2D eigenvalue weighted by Crippen LogP contribution is 2.31. The zero-order chi connectivity index (χ0) is 31.1. The highest BCUT2D eigenvalue weighted by molar-refractivity contribution is 7.92. The molecule has 2 aromatic heterocycles. The van der Waals surface area contributed by atoms with Gasteiger partial charge in [0.05, 0.1) is 11.3 Å². The van der Waals surface area contributed by atoms with E-state index in [2.05, 4.69) is 15.3 Å². The number of carbonyl (C=O) groups excluding carboxylic acids is 2. The molecule has 0 atom stereocenters. The maximum Gasteiger partial charge on any atom is 0.265 e. The summed E-state index contributed by atoms with van der Waals surface area (Å²) in [5.41, 5.74) is -0.145. The Labute approximate surface area is 241 Å². The molecule has 218 valence electrons. The van der Waals surface area contributed by atoms with Crippen LogP contribution in [0, 0.1) is 28.7 Å². The van der Waals surface area contributed by atoms with E-state index < -0.39 is 55.2 Å². The molecule has 14 heteroatoms. The molecule has 0 saturated carbocycles. The lowest BCUT2D eigenvalue weighted by atomic mass is 9.99. The van der Waals surface area contributed by atoms with Crippen LogP contribution in [-0.4, -0.2) is 36.3 Å². The molecule has 4 N–H and O–H groups in total. The molecular weight excluding hydrogens is 590 g/mol. The van der Waals surface area contributed by atoms with E-state index in [1.165, 1.54) is 25.4 Å². The molecule has 5 aromatic rings. The first-order valence-corrected chi connectivity index (χ1v) is 13.8. The van der Waals surface area contributed by atoms with Gasteiger partial charge in [-0.2, -0.15) is 0 Å². The Kier molecular flexibility index (Phi) is 7.54. The molecule has 3 aromatic carbocycles. The quantitative estimate of drug-likeness (QED) is 0.100. The fraction of sp³-hybridized carbons (Fsp3) is 0.0345. The van der Waals surface area contributed by atoms with Crippen molar-refractivity contribution in [2.75, 3.05) is 10.0 Å². The number of ketones is 1. The molecule has 9 nitrogen and oxygen atoms in total. The third kappa shape index (κ3) is 5.59. The molecular formula is C29H19F4N5O4S. The largest absolute Gasteiger partial charge is 0.345 e. The zero-order valence-corrected chi connectivity index (χ0v) is 22.7. The first-order chi connectivity index (χ1) is 20.4. The Bertz CT molecular complexity index is 2080. The molecule has 0 aliphatic rings. The number of hydrogen-bond donors (Lipinski definition) is 4. The van der Waals surface area contributed by atoms with Gasteiger partial charge in [0.1, 0.15) is 28.0 Å². The number of halogens is 4. The second-order valence-electron chi connectivity index (χ2n) is 9.24. The van der Waals surface area contributed by atoms with Crippen molar-refractivity contribution in [1.82, 2.24) is 9.97 Å². The smallest absolute Gasteiger partial charge is 0.265 e. The summed E-state index contributed by atoms with van der Waals surface area (Å²) in [4.78, 5) is 30.8. The highest BCUT2D eigenvalue weighted by atomic mass is 32.2. The number of aromatic nitrogens is 2. The summed E-state index contributed by atoms with van der Waals surface area (Å²) in [5.74, 6) is -6.74. The first kappa shape index (κ1) is 29.1. The summed E-state index contributed by atoms with van der Waals surface area (Å²) in [6, 6.07) is 9.37. The van der Waals surface area contributed by atoms with Gasteiger partial charge in [0.25, 0.3) is 10.0 Å². The number of rotatable bonds is 8. The van der Waals surface area contributed by atoms with Gasteiger partial charge in [-0.25, -0.2) is 31.0 Å². The SMILES string of the molecule is CC(=O)Nc1ccc(-c2cnc3[nH]cc(C(=O)c4c(F)ccc(NS(=O)(=O)c5cc(F)ccc5F)c4F)c3c2)cc1C=N. The van der Waals surface area contributed by atoms with E-state index in [1.807, 2.05) is 0 Å². The number of fused-ring (bicyclic) bond motifs is 1. The summed E-state index contributed by atoms with van der Waals surface area (Å²) in [5, 5.41) is 10.5. The van der Waals surface area contributed by atoms with Gasteiger partial charge in [-0.05, 0) is 54.1 Å². The molecule has 1 amide bonds. The molecule has 43 heavy (non-hydrogen) atoms. The maximum absolute atomic E-state index is 15.5. The third-order valence-electron chi connectivity index (χ3n) is 6.37. The van der Waals surface area contributed by atoms with Crippen LogP contribution in [0.2, 0.25) is 0 Å². The first-order valence-electron chi connectivity index (χ1n) is 12.3. The van der Waals surface area contributed by atoms with Crippen LogP contribution in [0.1, 0.15) is 28.4 Å². The molecule has 0 spiro atoms. The zero-order valence-electron chi connectivity index (χ0n) is 21.9. The second-order valence-corrected chi connectivity index (χ2v) is 10.9. The van der Waals surface area contributed by atoms with Gasteiger partial charge >= 0.3 is 0 Å². The van der Waals surface area contributed by atoms with Crippen molar-refractivity contribution in [3.8, 4) is 11.1 Å². The number of sulfonamides is 1. The van der Waals surface area contributed by atoms with Crippen LogP contribution >= 0.6 is 0 Å². The van der Waals surface area contributed by atoms with Gasteiger partial charge in [-0.3, -0.25) is 14.3 Å². The Hall–Kier alpha value is -5.37. The van der Waals surface area contributed by atoms with E-state index in [9.17, 15) is 31.2 Å². The molecule has 5 rings (SSSR count). The number of carbonyl (C=O) groups is 2. The molecule has 0 radical (unpaired) electrons. The molecule has 2 heterocycles. The van der Waals surface area contributed by atoms with Crippen molar-refractivity contribution in [2.24, 2.45) is 0 Å². The van der Waals surface area contributed by atoms with Gasteiger partial charge < -0.3 is 15.7 Å². The number of nitrogens with zero attached hydrogens (tertiary/aromatic N) is 1. The number of anilines is 2. The summed E-state index contributed by atoms with van der Waals surface area (Å²) < 4.78 is 85.2. The average Bonchev–Trinajstić information content (AvgIpc) is 3.39. The van der Waals surface area contributed by atoms with Gasteiger partial charge in [0, 0.05) is 53.3 Å². The Morgan fingerprint density at radius 2 is 1.65 bits per heavy atom. The predicted molar refractivity (Wildman–Crippen MR) is 151 cm³/mol. The summed E-state index contributed by atoms with van der Waals surface area (Å²) in [6.45, 7) is 1.32. The van der Waals surface area contributed by atoms with E-state index in [0.29, 0.717) is 52.7 Å². The summed E-state index contributed by atoms with van der Waals surface area (Å²) in [6.07, 6.45) is 3.70. The molecule has 0 fully saturated rings. The van der Waals surface area contributed by atoms with E-state index >= 15 is 4.39 Å². The minimum absolute atomic E-state index is 0.177. The van der Waals surface area contributed by atoms with Crippen LogP contribution in [0.25, 0.3) is 22.2 Å². The van der Waals surface area contributed by atoms with Crippen molar-refractivity contribution in [3.05, 3.63) is 107 Å². The van der Waals surface area contributed by atoms with Crippen LogP contribution < -0.4 is 10.0 Å². The number of H-pyrrole nitrogens is 1. The number of pyridine rings is 1. The topological polar surface area (TPSA) is 145 Å². The third-order valence-corrected chi connectivity index (χ3v) is 7.75. The van der Waals surface area contributed by atoms with Crippen molar-refractivity contribution in [1.29, 1.82) is 5.41 Å². The molecule has 0 saturated heterocycles. The lowest BCUT2D eigenvalue weighted by molar-refractivity contribution is -0.114. The van der Waals surface area contributed by atoms with E-state index in [1.54, 1.807) is 22.9 Å². The standard InChI is InChI=1S/C29H19F4N5O4S/c1-14(39)37-23-6-2-15(8-16(23)11-34)17-9-19-20(13-36-29(19)35-12-17)28(40)26-22(32)5-7-24(27(26)33)38-43(41,42)25-10-18(30)3-4-21(25)31/h2-13,34,38H,1H3,(H,35,36)(H,37,39). The summed E-state index contributed by atoms with van der Waals surface area (Å²) >= 11 is 0. The van der Waals surface area contributed by atoms with Crippen LogP contribution in [0.5, 0.6) is 0 Å². The Balaban J connectivity index is 1.54. The van der Waals surface area contributed by atoms with Crippen molar-refractivity contribution in [2.45, 2.75) is 11.8 Å². The van der Waals surface area contributed by atoms with Crippen LogP contribution in [0.15, 0.2) is 71.9 Å². The average molecular weight is 610 g/mol. The number of benzene rings is 3. The van der Waals surface area contributed by atoms with Crippen LogP contribution in [-0.2, 0) is 14.8 Å². The van der Waals surface area contributed by atoms with Crippen LogP contribution in [0.4, 0.5) is 28.9 Å². The predicted octanol–water partition coefficient (Wildman–Crippen LogP) is 5.77. The molecule has 0 aliphatic carbocycles. The van der Waals surface area contributed by atoms with E-state index in [4.69, 9.17) is 5.41 Å². The van der Waals surface area contributed by atoms with Crippen molar-refractivity contribution >= 4 is 50.3 Å². The highest BCUT2D eigenvalue weighted by Gasteiger charge is 2.28. The normalized spacial score (nSPS) is 11.4. The molecule has 0 aliphatic heterocycles. The number of hydrogen-bond acceptors (Lipinski definition) is 6. The second kappa shape index (κ2) is 11.1. The molecule has 0 bridgehead atoms.